The van der Waals surface area contributed by atoms with Gasteiger partial charge in [-0.15, -0.1) is 0 Å². The number of methoxy groups -OCH3 is 2. The van der Waals surface area contributed by atoms with Crippen molar-refractivity contribution in [1.29, 1.82) is 0 Å². The normalized spacial score (nSPS) is 14.5. The van der Waals surface area contributed by atoms with E-state index < -0.39 is 0 Å². The van der Waals surface area contributed by atoms with E-state index in [-0.39, 0.29) is 12.5 Å². The van der Waals surface area contributed by atoms with E-state index in [4.69, 9.17) is 9.47 Å². The van der Waals surface area contributed by atoms with Gasteiger partial charge >= 0.3 is 0 Å². The largest absolute Gasteiger partial charge is 0.383 e. The molecule has 0 spiro atoms. The zero-order valence-corrected chi connectivity index (χ0v) is 12.6. The summed E-state index contributed by atoms with van der Waals surface area (Å²) < 4.78 is 10.1. The molecule has 7 heteroatoms. The molecule has 2 heterocycles. The van der Waals surface area contributed by atoms with E-state index in [9.17, 15) is 4.79 Å². The van der Waals surface area contributed by atoms with Crippen molar-refractivity contribution in [3.05, 3.63) is 17.5 Å². The molecule has 7 nitrogen and oxygen atoms in total. The Morgan fingerprint density at radius 1 is 1.33 bits per heavy atom. The molecule has 1 N–H and O–H groups in total. The number of amides is 1. The molecule has 1 amide bonds. The minimum atomic E-state index is -0.202. The summed E-state index contributed by atoms with van der Waals surface area (Å²) in [5, 5.41) is 2.77. The molecule has 1 saturated heterocycles. The fourth-order valence-corrected chi connectivity index (χ4v) is 2.27. The second kappa shape index (κ2) is 7.90. The first kappa shape index (κ1) is 15.7. The number of hydrogen-bond donors (Lipinski definition) is 1. The monoisotopic (exact) mass is 294 g/mol. The van der Waals surface area contributed by atoms with Gasteiger partial charge in [0.15, 0.2) is 0 Å². The minimum Gasteiger partial charge on any atom is -0.383 e. The number of rotatable bonds is 7. The maximum absolute atomic E-state index is 12.1. The Balaban J connectivity index is 2.13. The van der Waals surface area contributed by atoms with Crippen LogP contribution < -0.4 is 10.2 Å². The first-order chi connectivity index (χ1) is 10.3. The smallest absolute Gasteiger partial charge is 0.254 e. The van der Waals surface area contributed by atoms with E-state index in [2.05, 4.69) is 20.2 Å². The molecule has 2 rings (SSSR count). The summed E-state index contributed by atoms with van der Waals surface area (Å²) >= 11 is 0. The molecule has 0 aromatic carbocycles. The molecule has 1 fully saturated rings. The van der Waals surface area contributed by atoms with Gasteiger partial charge in [-0.05, 0) is 12.8 Å². The van der Waals surface area contributed by atoms with Crippen LogP contribution in [-0.2, 0) is 16.1 Å². The highest BCUT2D eigenvalue weighted by molar-refractivity contribution is 5.95. The lowest BCUT2D eigenvalue weighted by Gasteiger charge is -2.17. The molecular weight excluding hydrogens is 272 g/mol. The molecule has 0 aliphatic carbocycles. The van der Waals surface area contributed by atoms with E-state index in [1.807, 2.05) is 0 Å². The summed E-state index contributed by atoms with van der Waals surface area (Å²) in [6.07, 6.45) is 3.89. The third-order valence-corrected chi connectivity index (χ3v) is 3.36. The zero-order valence-electron chi connectivity index (χ0n) is 12.6. The molecule has 0 bridgehead atoms. The lowest BCUT2D eigenvalue weighted by Crippen LogP contribution is -2.29. The number of carbonyl (C=O) groups is 1. The van der Waals surface area contributed by atoms with Crippen LogP contribution in [0.3, 0.4) is 0 Å². The Morgan fingerprint density at radius 2 is 2.10 bits per heavy atom. The van der Waals surface area contributed by atoms with Gasteiger partial charge in [-0.25, -0.2) is 9.97 Å². The van der Waals surface area contributed by atoms with Crippen LogP contribution in [0, 0.1) is 0 Å². The van der Waals surface area contributed by atoms with Crippen LogP contribution in [0.5, 0.6) is 0 Å². The van der Waals surface area contributed by atoms with Gasteiger partial charge in [0.25, 0.3) is 5.91 Å². The maximum Gasteiger partial charge on any atom is 0.254 e. The SMILES string of the molecule is COCCNC(=O)c1cnc(N2CCCC2)nc1COC. The molecule has 0 unspecified atom stereocenters. The predicted molar refractivity (Wildman–Crippen MR) is 78.4 cm³/mol. The fourth-order valence-electron chi connectivity index (χ4n) is 2.27. The van der Waals surface area contributed by atoms with Gasteiger partial charge in [0.2, 0.25) is 5.95 Å². The molecule has 1 aliphatic rings. The standard InChI is InChI=1S/C14H22N4O3/c1-20-8-5-15-13(19)11-9-16-14(17-12(11)10-21-2)18-6-3-4-7-18/h9H,3-8,10H2,1-2H3,(H,15,19). The molecule has 0 saturated carbocycles. The van der Waals surface area contributed by atoms with Gasteiger partial charge in [0, 0.05) is 40.1 Å². The number of hydrogen-bond acceptors (Lipinski definition) is 6. The van der Waals surface area contributed by atoms with Crippen molar-refractivity contribution in [3.63, 3.8) is 0 Å². The van der Waals surface area contributed by atoms with Gasteiger partial charge in [-0.2, -0.15) is 0 Å². The van der Waals surface area contributed by atoms with Crippen molar-refractivity contribution in [2.75, 3.05) is 45.4 Å². The van der Waals surface area contributed by atoms with Crippen molar-refractivity contribution in [1.82, 2.24) is 15.3 Å². The summed E-state index contributed by atoms with van der Waals surface area (Å²) in [7, 11) is 3.18. The van der Waals surface area contributed by atoms with Crippen LogP contribution in [0.15, 0.2) is 6.20 Å². The van der Waals surface area contributed by atoms with Crippen molar-refractivity contribution < 1.29 is 14.3 Å². The average molecular weight is 294 g/mol. The number of nitrogens with zero attached hydrogens (tertiary/aromatic N) is 3. The topological polar surface area (TPSA) is 76.6 Å². The molecule has 21 heavy (non-hydrogen) atoms. The summed E-state index contributed by atoms with van der Waals surface area (Å²) in [6.45, 7) is 3.14. The highest BCUT2D eigenvalue weighted by atomic mass is 16.5. The lowest BCUT2D eigenvalue weighted by atomic mass is 10.2. The van der Waals surface area contributed by atoms with Crippen LogP contribution in [0.2, 0.25) is 0 Å². The molecular formula is C14H22N4O3. The maximum atomic E-state index is 12.1. The number of aromatic nitrogens is 2. The number of carbonyl (C=O) groups excluding carboxylic acids is 1. The van der Waals surface area contributed by atoms with Crippen LogP contribution in [0.25, 0.3) is 0 Å². The highest BCUT2D eigenvalue weighted by Crippen LogP contribution is 2.17. The summed E-state index contributed by atoms with van der Waals surface area (Å²) in [6, 6.07) is 0. The molecule has 1 aromatic heterocycles. The Labute approximate surface area is 124 Å². The zero-order chi connectivity index (χ0) is 15.1. The second-order valence-corrected chi connectivity index (χ2v) is 4.91. The summed E-state index contributed by atoms with van der Waals surface area (Å²) in [5.41, 5.74) is 1.07. The Bertz CT molecular complexity index is 475. The van der Waals surface area contributed by atoms with Crippen LogP contribution in [0.4, 0.5) is 5.95 Å². The first-order valence-electron chi connectivity index (χ1n) is 7.13. The average Bonchev–Trinajstić information content (AvgIpc) is 3.02. The third kappa shape index (κ3) is 4.12. The van der Waals surface area contributed by atoms with Gasteiger partial charge in [-0.3, -0.25) is 4.79 Å². The van der Waals surface area contributed by atoms with Crippen molar-refractivity contribution in [2.24, 2.45) is 0 Å². The number of anilines is 1. The molecule has 1 aliphatic heterocycles. The predicted octanol–water partition coefficient (Wildman–Crippen LogP) is 0.599. The highest BCUT2D eigenvalue weighted by Gasteiger charge is 2.19. The quantitative estimate of drug-likeness (QED) is 0.742. The lowest BCUT2D eigenvalue weighted by molar-refractivity contribution is 0.0931. The summed E-state index contributed by atoms with van der Waals surface area (Å²) in [4.78, 5) is 23.1. The van der Waals surface area contributed by atoms with Crippen LogP contribution in [0.1, 0.15) is 28.9 Å². The second-order valence-electron chi connectivity index (χ2n) is 4.91. The van der Waals surface area contributed by atoms with Gasteiger partial charge < -0.3 is 19.7 Å². The van der Waals surface area contributed by atoms with Crippen LogP contribution >= 0.6 is 0 Å². The van der Waals surface area contributed by atoms with E-state index >= 15 is 0 Å². The number of ether oxygens (including phenoxy) is 2. The molecule has 1 aromatic rings. The number of nitrogens with one attached hydrogen (secondary N) is 1. The summed E-state index contributed by atoms with van der Waals surface area (Å²) in [5.74, 6) is 0.472. The van der Waals surface area contributed by atoms with Gasteiger partial charge in [0.05, 0.1) is 24.5 Å². The Hall–Kier alpha value is -1.73. The van der Waals surface area contributed by atoms with E-state index in [0.29, 0.717) is 30.4 Å². The molecule has 0 atom stereocenters. The van der Waals surface area contributed by atoms with E-state index in [0.717, 1.165) is 25.9 Å². The molecule has 116 valence electrons. The van der Waals surface area contributed by atoms with E-state index in [1.165, 1.54) is 0 Å². The van der Waals surface area contributed by atoms with Crippen molar-refractivity contribution >= 4 is 11.9 Å². The van der Waals surface area contributed by atoms with Crippen molar-refractivity contribution in [2.45, 2.75) is 19.4 Å². The van der Waals surface area contributed by atoms with Crippen molar-refractivity contribution in [3.8, 4) is 0 Å². The Morgan fingerprint density at radius 3 is 2.76 bits per heavy atom. The minimum absolute atomic E-state index is 0.202. The first-order valence-corrected chi connectivity index (χ1v) is 7.13. The fraction of sp³-hybridized carbons (Fsp3) is 0.643. The van der Waals surface area contributed by atoms with Gasteiger partial charge in [-0.1, -0.05) is 0 Å². The third-order valence-electron chi connectivity index (χ3n) is 3.36. The van der Waals surface area contributed by atoms with E-state index in [1.54, 1.807) is 20.4 Å². The Kier molecular flexibility index (Phi) is 5.89. The van der Waals surface area contributed by atoms with Crippen LogP contribution in [-0.4, -0.2) is 56.3 Å². The molecule has 0 radical (unpaired) electrons. The van der Waals surface area contributed by atoms with Gasteiger partial charge in [0.1, 0.15) is 0 Å².